The number of hydrogen-bond acceptors (Lipinski definition) is 7. The highest BCUT2D eigenvalue weighted by atomic mass is 35.5. The zero-order chi connectivity index (χ0) is 24.4. The first-order valence-corrected chi connectivity index (χ1v) is 11.9. The van der Waals surface area contributed by atoms with Crippen LogP contribution in [-0.2, 0) is 6.54 Å². The summed E-state index contributed by atoms with van der Waals surface area (Å²) in [6.07, 6.45) is 1.68. The third kappa shape index (κ3) is 4.89. The van der Waals surface area contributed by atoms with Gasteiger partial charge in [0.1, 0.15) is 10.7 Å². The quantitative estimate of drug-likeness (QED) is 0.575. The van der Waals surface area contributed by atoms with E-state index in [1.165, 1.54) is 28.4 Å². The van der Waals surface area contributed by atoms with Gasteiger partial charge in [-0.05, 0) is 18.2 Å². The molecular formula is C23H24ClFN6O2S. The van der Waals surface area contributed by atoms with Gasteiger partial charge in [0.2, 0.25) is 0 Å². The van der Waals surface area contributed by atoms with E-state index >= 15 is 0 Å². The molecule has 0 atom stereocenters. The fourth-order valence-electron chi connectivity index (χ4n) is 3.77. The first-order chi connectivity index (χ1) is 16.3. The van der Waals surface area contributed by atoms with Crippen molar-refractivity contribution in [1.82, 2.24) is 24.7 Å². The van der Waals surface area contributed by atoms with Gasteiger partial charge in [0.05, 0.1) is 27.5 Å². The lowest BCUT2D eigenvalue weighted by Crippen LogP contribution is -2.48. The molecule has 0 saturated carbocycles. The lowest BCUT2D eigenvalue weighted by Gasteiger charge is -2.35. The molecule has 11 heteroatoms. The molecule has 3 heterocycles. The molecule has 0 bridgehead atoms. The third-order valence-electron chi connectivity index (χ3n) is 5.64. The molecule has 1 fully saturated rings. The Labute approximate surface area is 205 Å². The number of nitrogen functional groups attached to an aromatic ring is 1. The number of nitrogens with zero attached hydrogens (tertiary/aromatic N) is 5. The third-order valence-corrected chi connectivity index (χ3v) is 6.73. The van der Waals surface area contributed by atoms with Crippen molar-refractivity contribution in [1.29, 1.82) is 0 Å². The number of pyridine rings is 1. The topological polar surface area (TPSA) is 95.7 Å². The maximum atomic E-state index is 14.3. The SMILES string of the molecule is CN(C)C(=O)c1cc(-c2nccs2)nc(CN2CCN(C(=O)c3cccc(Cl)c3F)CC2)c1N. The molecule has 0 spiro atoms. The van der Waals surface area contributed by atoms with E-state index in [2.05, 4.69) is 9.88 Å². The van der Waals surface area contributed by atoms with Crippen molar-refractivity contribution in [3.8, 4) is 10.7 Å². The number of aromatic nitrogens is 2. The molecule has 2 N–H and O–H groups in total. The van der Waals surface area contributed by atoms with Crippen LogP contribution in [0.3, 0.4) is 0 Å². The van der Waals surface area contributed by atoms with E-state index in [-0.39, 0.29) is 22.4 Å². The summed E-state index contributed by atoms with van der Waals surface area (Å²) in [6, 6.07) is 6.09. The molecule has 8 nitrogen and oxygen atoms in total. The Morgan fingerprint density at radius 1 is 1.21 bits per heavy atom. The second kappa shape index (κ2) is 10.0. The van der Waals surface area contributed by atoms with Crippen molar-refractivity contribution in [2.24, 2.45) is 0 Å². The first kappa shape index (κ1) is 24.1. The van der Waals surface area contributed by atoms with Crippen molar-refractivity contribution in [2.45, 2.75) is 6.54 Å². The monoisotopic (exact) mass is 502 g/mol. The molecule has 1 saturated heterocycles. The van der Waals surface area contributed by atoms with E-state index in [9.17, 15) is 14.0 Å². The van der Waals surface area contributed by atoms with Crippen LogP contribution in [-0.4, -0.2) is 76.8 Å². The molecule has 2 amide bonds. The average molecular weight is 503 g/mol. The summed E-state index contributed by atoms with van der Waals surface area (Å²) in [5.74, 6) is -1.30. The summed E-state index contributed by atoms with van der Waals surface area (Å²) in [4.78, 5) is 39.7. The van der Waals surface area contributed by atoms with Crippen molar-refractivity contribution in [3.05, 3.63) is 63.5 Å². The lowest BCUT2D eigenvalue weighted by atomic mass is 10.1. The smallest absolute Gasteiger partial charge is 0.256 e. The van der Waals surface area contributed by atoms with Crippen molar-refractivity contribution in [3.63, 3.8) is 0 Å². The molecule has 4 rings (SSSR count). The Morgan fingerprint density at radius 2 is 1.94 bits per heavy atom. The zero-order valence-electron chi connectivity index (χ0n) is 18.8. The van der Waals surface area contributed by atoms with Gasteiger partial charge in [0.15, 0.2) is 5.82 Å². The van der Waals surface area contributed by atoms with Gasteiger partial charge in [0.25, 0.3) is 11.8 Å². The van der Waals surface area contributed by atoms with Gasteiger partial charge in [-0.3, -0.25) is 14.5 Å². The van der Waals surface area contributed by atoms with Crippen LogP contribution >= 0.6 is 22.9 Å². The number of amides is 2. The highest BCUT2D eigenvalue weighted by molar-refractivity contribution is 7.13. The Hall–Kier alpha value is -3.08. The van der Waals surface area contributed by atoms with Crippen LogP contribution in [0, 0.1) is 5.82 Å². The molecule has 1 aliphatic rings. The van der Waals surface area contributed by atoms with Crippen LogP contribution in [0.15, 0.2) is 35.8 Å². The Bertz CT molecular complexity index is 1210. The van der Waals surface area contributed by atoms with Crippen LogP contribution in [0.4, 0.5) is 10.1 Å². The second-order valence-electron chi connectivity index (χ2n) is 8.12. The first-order valence-electron chi connectivity index (χ1n) is 10.6. The number of halogens is 2. The molecule has 1 aromatic carbocycles. The van der Waals surface area contributed by atoms with Crippen LogP contribution in [0.5, 0.6) is 0 Å². The molecule has 1 aliphatic heterocycles. The summed E-state index contributed by atoms with van der Waals surface area (Å²) in [5.41, 5.74) is 8.23. The predicted molar refractivity (Wildman–Crippen MR) is 130 cm³/mol. The fraction of sp³-hybridized carbons (Fsp3) is 0.304. The largest absolute Gasteiger partial charge is 0.397 e. The van der Waals surface area contributed by atoms with E-state index in [1.807, 2.05) is 5.38 Å². The van der Waals surface area contributed by atoms with Gasteiger partial charge in [-0.15, -0.1) is 11.3 Å². The average Bonchev–Trinajstić information content (AvgIpc) is 3.37. The van der Waals surface area contributed by atoms with Crippen LogP contribution in [0.25, 0.3) is 10.7 Å². The lowest BCUT2D eigenvalue weighted by molar-refractivity contribution is 0.0622. The van der Waals surface area contributed by atoms with E-state index in [1.54, 1.807) is 37.3 Å². The molecule has 3 aromatic rings. The normalized spacial score (nSPS) is 14.3. The van der Waals surface area contributed by atoms with Crippen molar-refractivity contribution in [2.75, 3.05) is 46.0 Å². The fourth-order valence-corrected chi connectivity index (χ4v) is 4.54. The number of benzene rings is 1. The van der Waals surface area contributed by atoms with E-state index in [4.69, 9.17) is 22.3 Å². The van der Waals surface area contributed by atoms with Crippen LogP contribution < -0.4 is 5.73 Å². The van der Waals surface area contributed by atoms with E-state index in [0.717, 1.165) is 0 Å². The number of thiazole rings is 1. The number of carbonyl (C=O) groups excluding carboxylic acids is 2. The van der Waals surface area contributed by atoms with Crippen molar-refractivity contribution >= 4 is 40.4 Å². The summed E-state index contributed by atoms with van der Waals surface area (Å²) in [7, 11) is 3.34. The predicted octanol–water partition coefficient (Wildman–Crippen LogP) is 3.24. The van der Waals surface area contributed by atoms with Gasteiger partial charge in [-0.25, -0.2) is 14.4 Å². The molecule has 0 radical (unpaired) electrons. The van der Waals surface area contributed by atoms with Gasteiger partial charge < -0.3 is 15.5 Å². The van der Waals surface area contributed by atoms with Gasteiger partial charge in [-0.2, -0.15) is 0 Å². The zero-order valence-corrected chi connectivity index (χ0v) is 20.4. The minimum absolute atomic E-state index is 0.0325. The van der Waals surface area contributed by atoms with Gasteiger partial charge >= 0.3 is 0 Å². The molecule has 178 valence electrons. The van der Waals surface area contributed by atoms with Crippen LogP contribution in [0.1, 0.15) is 26.4 Å². The highest BCUT2D eigenvalue weighted by Crippen LogP contribution is 2.28. The number of piperazine rings is 1. The minimum atomic E-state index is -0.703. The van der Waals surface area contributed by atoms with Crippen LogP contribution in [0.2, 0.25) is 5.02 Å². The number of anilines is 1. The number of hydrogen-bond donors (Lipinski definition) is 1. The van der Waals surface area contributed by atoms with E-state index < -0.39 is 5.82 Å². The van der Waals surface area contributed by atoms with Crippen molar-refractivity contribution < 1.29 is 14.0 Å². The minimum Gasteiger partial charge on any atom is -0.397 e. The Kier molecular flexibility index (Phi) is 7.11. The second-order valence-corrected chi connectivity index (χ2v) is 9.42. The summed E-state index contributed by atoms with van der Waals surface area (Å²) >= 11 is 7.26. The molecule has 34 heavy (non-hydrogen) atoms. The number of rotatable bonds is 5. The summed E-state index contributed by atoms with van der Waals surface area (Å²) < 4.78 is 14.3. The maximum absolute atomic E-state index is 14.3. The summed E-state index contributed by atoms with van der Waals surface area (Å²) in [6.45, 7) is 2.34. The maximum Gasteiger partial charge on any atom is 0.256 e. The number of nitrogens with two attached hydrogens (primary N) is 1. The Balaban J connectivity index is 1.52. The molecule has 0 aliphatic carbocycles. The molecule has 2 aromatic heterocycles. The van der Waals surface area contributed by atoms with Gasteiger partial charge in [-0.1, -0.05) is 17.7 Å². The number of carbonyl (C=O) groups is 2. The van der Waals surface area contributed by atoms with Gasteiger partial charge in [0, 0.05) is 58.4 Å². The standard InChI is InChI=1S/C23H24ClFN6O2S/c1-29(2)22(32)15-12-17(21-27-6-11-34-21)28-18(20(15)26)13-30-7-9-31(10-8-30)23(33)14-4-3-5-16(24)19(14)25/h3-6,11-12H,7-10,13,26H2,1-2H3. The highest BCUT2D eigenvalue weighted by Gasteiger charge is 2.26. The Morgan fingerprint density at radius 3 is 2.59 bits per heavy atom. The molecular weight excluding hydrogens is 479 g/mol. The summed E-state index contributed by atoms with van der Waals surface area (Å²) in [5, 5.41) is 2.47. The van der Waals surface area contributed by atoms with E-state index in [0.29, 0.717) is 60.4 Å². The molecule has 0 unspecified atom stereocenters.